The maximum Gasteiger partial charge on any atom is 0.262 e. The molecule has 272 valence electrons. The van der Waals surface area contributed by atoms with Gasteiger partial charge in [0.1, 0.15) is 5.75 Å². The molecule has 0 saturated carbocycles. The molecular weight excluding hydrogens is 658 g/mol. The third-order valence-electron chi connectivity index (χ3n) is 10.4. The summed E-state index contributed by atoms with van der Waals surface area (Å²) in [6.45, 7) is 8.01. The van der Waals surface area contributed by atoms with Gasteiger partial charge in [-0.15, -0.1) is 0 Å². The van der Waals surface area contributed by atoms with Crippen LogP contribution in [0.25, 0.3) is 21.8 Å². The normalized spacial score (nSPS) is 17.3. The predicted molar refractivity (Wildman–Crippen MR) is 203 cm³/mol. The molecule has 0 unspecified atom stereocenters. The Morgan fingerprint density at radius 1 is 0.731 bits per heavy atom. The molecule has 3 aliphatic rings. The van der Waals surface area contributed by atoms with Gasteiger partial charge in [0.2, 0.25) is 0 Å². The van der Waals surface area contributed by atoms with E-state index >= 15 is 0 Å². The number of amides is 1. The summed E-state index contributed by atoms with van der Waals surface area (Å²) in [7, 11) is 0. The Bertz CT molecular complexity index is 2120. The Labute approximate surface area is 302 Å². The van der Waals surface area contributed by atoms with Crippen LogP contribution in [0.1, 0.15) is 31.2 Å². The SMILES string of the molecule is NC1CCN(CCn2c(=O)ccc3ccncc32)CC1.O=C1COc2ccc(CNC3CCN(CCn4c(=O)ccc5ccncc54)CC3)cc2N1. The first-order chi connectivity index (χ1) is 25.4. The van der Waals surface area contributed by atoms with Gasteiger partial charge in [-0.25, -0.2) is 0 Å². The van der Waals surface area contributed by atoms with Gasteiger partial charge in [-0.2, -0.15) is 0 Å². The van der Waals surface area contributed by atoms with Crippen molar-refractivity contribution in [1.82, 2.24) is 34.2 Å². The van der Waals surface area contributed by atoms with Crippen molar-refractivity contribution < 1.29 is 9.53 Å². The fourth-order valence-corrected chi connectivity index (χ4v) is 7.25. The number of aromatic nitrogens is 4. The van der Waals surface area contributed by atoms with E-state index in [2.05, 4.69) is 30.4 Å². The molecule has 13 heteroatoms. The van der Waals surface area contributed by atoms with Gasteiger partial charge in [-0.3, -0.25) is 24.4 Å². The van der Waals surface area contributed by atoms with Crippen molar-refractivity contribution in [1.29, 1.82) is 0 Å². The lowest BCUT2D eigenvalue weighted by molar-refractivity contribution is -0.118. The van der Waals surface area contributed by atoms with Crippen LogP contribution in [-0.4, -0.2) is 92.8 Å². The van der Waals surface area contributed by atoms with Crippen molar-refractivity contribution >= 4 is 33.4 Å². The molecule has 52 heavy (non-hydrogen) atoms. The average molecular weight is 706 g/mol. The van der Waals surface area contributed by atoms with Crippen LogP contribution in [0.2, 0.25) is 0 Å². The van der Waals surface area contributed by atoms with Crippen molar-refractivity contribution in [3.05, 3.63) is 106 Å². The number of benzene rings is 1. The van der Waals surface area contributed by atoms with E-state index in [0.29, 0.717) is 25.2 Å². The van der Waals surface area contributed by atoms with Gasteiger partial charge in [0.15, 0.2) is 6.61 Å². The molecule has 5 aromatic rings. The van der Waals surface area contributed by atoms with Crippen LogP contribution in [0.15, 0.2) is 89.0 Å². The Kier molecular flexibility index (Phi) is 11.3. The number of hydrogen-bond acceptors (Lipinski definition) is 10. The van der Waals surface area contributed by atoms with Crippen molar-refractivity contribution in [2.75, 3.05) is 51.2 Å². The highest BCUT2D eigenvalue weighted by atomic mass is 16.5. The molecule has 1 amide bonds. The number of hydrogen-bond donors (Lipinski definition) is 3. The quantitative estimate of drug-likeness (QED) is 0.209. The Morgan fingerprint density at radius 3 is 1.90 bits per heavy atom. The number of nitrogens with two attached hydrogens (primary N) is 1. The standard InChI is InChI=1S/C24H27N5O3.C15H20N4O/c30-23-16-32-22-3-1-17(13-20(22)27-23)14-26-19-6-9-28(10-7-19)11-12-29-21-15-25-8-5-18(21)2-4-24(29)31;16-13-4-7-18(8-5-13)9-10-19-14-11-17-6-3-12(14)1-2-15(19)20/h1-5,8,13,15,19,26H,6-7,9-12,14,16H2,(H,27,30);1-3,6,11,13H,4-5,7-10,16H2. The van der Waals surface area contributed by atoms with Crippen LogP contribution in [0, 0.1) is 0 Å². The molecule has 0 radical (unpaired) electrons. The highest BCUT2D eigenvalue weighted by molar-refractivity contribution is 5.95. The highest BCUT2D eigenvalue weighted by Gasteiger charge is 2.20. The first kappa shape index (κ1) is 35.5. The summed E-state index contributed by atoms with van der Waals surface area (Å²) >= 11 is 0. The molecule has 8 rings (SSSR count). The van der Waals surface area contributed by atoms with Gasteiger partial charge < -0.3 is 40.0 Å². The third-order valence-corrected chi connectivity index (χ3v) is 10.4. The summed E-state index contributed by atoms with van der Waals surface area (Å²) in [6.07, 6.45) is 11.3. The monoisotopic (exact) mass is 705 g/mol. The molecule has 4 N–H and O–H groups in total. The minimum atomic E-state index is -0.114. The molecule has 13 nitrogen and oxygen atoms in total. The molecular formula is C39H47N9O4. The molecule has 0 spiro atoms. The lowest BCUT2D eigenvalue weighted by Gasteiger charge is -2.32. The van der Waals surface area contributed by atoms with Crippen LogP contribution in [0.5, 0.6) is 5.75 Å². The maximum atomic E-state index is 12.4. The number of carbonyl (C=O) groups is 1. The van der Waals surface area contributed by atoms with Gasteiger partial charge in [0.05, 0.1) is 29.1 Å². The topological polar surface area (TPSA) is 153 Å². The Morgan fingerprint density at radius 2 is 1.31 bits per heavy atom. The van der Waals surface area contributed by atoms with Gasteiger partial charge >= 0.3 is 0 Å². The molecule has 4 aromatic heterocycles. The van der Waals surface area contributed by atoms with Gasteiger partial charge in [0, 0.05) is 80.1 Å². The Balaban J connectivity index is 0.000000180. The minimum absolute atomic E-state index is 0.0219. The second kappa shape index (κ2) is 16.6. The van der Waals surface area contributed by atoms with E-state index in [0.717, 1.165) is 110 Å². The van der Waals surface area contributed by atoms with Crippen LogP contribution in [0.3, 0.4) is 0 Å². The molecule has 0 bridgehead atoms. The summed E-state index contributed by atoms with van der Waals surface area (Å²) in [6, 6.07) is 17.6. The third kappa shape index (κ3) is 8.73. The zero-order valence-corrected chi connectivity index (χ0v) is 29.5. The fourth-order valence-electron chi connectivity index (χ4n) is 7.25. The second-order valence-corrected chi connectivity index (χ2v) is 13.9. The first-order valence-electron chi connectivity index (χ1n) is 18.3. The van der Waals surface area contributed by atoms with E-state index in [-0.39, 0.29) is 23.6 Å². The number of nitrogens with zero attached hydrogens (tertiary/aromatic N) is 6. The number of ether oxygens (including phenoxy) is 1. The van der Waals surface area contributed by atoms with Crippen LogP contribution in [0.4, 0.5) is 5.69 Å². The van der Waals surface area contributed by atoms with E-state index in [1.807, 2.05) is 51.6 Å². The van der Waals surface area contributed by atoms with Crippen molar-refractivity contribution in [2.24, 2.45) is 5.73 Å². The molecule has 2 saturated heterocycles. The largest absolute Gasteiger partial charge is 0.482 e. The van der Waals surface area contributed by atoms with Gasteiger partial charge in [0.25, 0.3) is 17.0 Å². The summed E-state index contributed by atoms with van der Waals surface area (Å²) in [4.78, 5) is 49.1. The van der Waals surface area contributed by atoms with E-state index < -0.39 is 0 Å². The van der Waals surface area contributed by atoms with Crippen molar-refractivity contribution in [3.63, 3.8) is 0 Å². The molecule has 0 aliphatic carbocycles. The molecule has 0 atom stereocenters. The Hall–Kier alpha value is -4.95. The molecule has 2 fully saturated rings. The van der Waals surface area contributed by atoms with E-state index in [1.165, 1.54) is 0 Å². The number of piperidine rings is 2. The first-order valence-corrected chi connectivity index (χ1v) is 18.3. The number of likely N-dealkylation sites (tertiary alicyclic amines) is 2. The zero-order valence-electron chi connectivity index (χ0n) is 29.5. The van der Waals surface area contributed by atoms with Crippen LogP contribution >= 0.6 is 0 Å². The van der Waals surface area contributed by atoms with Crippen molar-refractivity contribution in [2.45, 2.75) is 57.4 Å². The number of anilines is 1. The maximum absolute atomic E-state index is 12.4. The summed E-state index contributed by atoms with van der Waals surface area (Å²) in [5.41, 5.74) is 9.65. The van der Waals surface area contributed by atoms with E-state index in [4.69, 9.17) is 10.5 Å². The number of carbonyl (C=O) groups excluding carboxylic acids is 1. The minimum Gasteiger partial charge on any atom is -0.482 e. The second-order valence-electron chi connectivity index (χ2n) is 13.9. The summed E-state index contributed by atoms with van der Waals surface area (Å²) in [5, 5.41) is 8.59. The number of rotatable bonds is 9. The van der Waals surface area contributed by atoms with E-state index in [9.17, 15) is 14.4 Å². The highest BCUT2D eigenvalue weighted by Crippen LogP contribution is 2.28. The lowest BCUT2D eigenvalue weighted by atomic mass is 10.0. The summed E-state index contributed by atoms with van der Waals surface area (Å²) in [5.74, 6) is 0.611. The average Bonchev–Trinajstić information content (AvgIpc) is 3.17. The lowest BCUT2D eigenvalue weighted by Crippen LogP contribution is -2.43. The molecule has 3 aliphatic heterocycles. The predicted octanol–water partition coefficient (Wildman–Crippen LogP) is 2.80. The molecule has 7 heterocycles. The summed E-state index contributed by atoms with van der Waals surface area (Å²) < 4.78 is 9.06. The van der Waals surface area contributed by atoms with E-state index in [1.54, 1.807) is 36.9 Å². The van der Waals surface area contributed by atoms with Crippen LogP contribution in [-0.2, 0) is 24.4 Å². The molecule has 1 aromatic carbocycles. The number of fused-ring (bicyclic) bond motifs is 3. The van der Waals surface area contributed by atoms with Crippen molar-refractivity contribution in [3.8, 4) is 5.75 Å². The smallest absolute Gasteiger partial charge is 0.262 e. The fraction of sp³-hybridized carbons (Fsp3) is 0.410. The number of pyridine rings is 4. The van der Waals surface area contributed by atoms with Gasteiger partial charge in [-0.1, -0.05) is 6.07 Å². The zero-order chi connectivity index (χ0) is 35.9. The van der Waals surface area contributed by atoms with Gasteiger partial charge in [-0.05, 0) is 93.8 Å². The van der Waals surface area contributed by atoms with Crippen LogP contribution < -0.4 is 32.2 Å². The number of nitrogens with one attached hydrogen (secondary N) is 2.